The highest BCUT2D eigenvalue weighted by Gasteiger charge is 2.55. The summed E-state index contributed by atoms with van der Waals surface area (Å²) in [5, 5.41) is 19.8. The maximum Gasteiger partial charge on any atom is 0.407 e. The van der Waals surface area contributed by atoms with Crippen molar-refractivity contribution >= 4 is 23.8 Å². The molecule has 446 valence electrons. The Labute approximate surface area is 468 Å². The van der Waals surface area contributed by atoms with Gasteiger partial charge < -0.3 is 78.1 Å². The number of piperazine rings is 1. The first kappa shape index (κ1) is 65.3. The van der Waals surface area contributed by atoms with Gasteiger partial charge in [-0.2, -0.15) is 0 Å². The molecule has 5 rings (SSSR count). The van der Waals surface area contributed by atoms with E-state index in [0.717, 1.165) is 50.5 Å². The number of likely N-dealkylation sites (tertiary alicyclic amines) is 1. The zero-order valence-corrected chi connectivity index (χ0v) is 47.7. The van der Waals surface area contributed by atoms with Crippen molar-refractivity contribution in [1.29, 1.82) is 0 Å². The molecule has 2 heterocycles. The molecule has 21 nitrogen and oxygen atoms in total. The lowest BCUT2D eigenvalue weighted by Crippen LogP contribution is -2.75. The van der Waals surface area contributed by atoms with Crippen LogP contribution in [-0.4, -0.2) is 214 Å². The Kier molecular flexibility index (Phi) is 31.0. The Morgan fingerprint density at radius 1 is 0.646 bits per heavy atom. The minimum absolute atomic E-state index is 0.0447. The van der Waals surface area contributed by atoms with Crippen molar-refractivity contribution in [1.82, 2.24) is 25.8 Å². The quantitative estimate of drug-likeness (QED) is 0.0622. The van der Waals surface area contributed by atoms with Gasteiger partial charge in [-0.05, 0) is 101 Å². The van der Waals surface area contributed by atoms with Gasteiger partial charge in [-0.25, -0.2) is 4.79 Å². The third-order valence-corrected chi connectivity index (χ3v) is 13.8. The second-order valence-corrected chi connectivity index (χ2v) is 21.0. The first-order valence-corrected chi connectivity index (χ1v) is 28.7. The van der Waals surface area contributed by atoms with Crippen LogP contribution in [0.2, 0.25) is 0 Å². The van der Waals surface area contributed by atoms with Crippen LogP contribution in [-0.2, 0) is 63.5 Å². The molecule has 1 saturated carbocycles. The standard InChI is InChI=1S/C58H93N5O16/c1-5-6-24-63-54(66)51(52(64)47-10-8-7-9-11-47)61-55(67)58(63)20-25-62(26-21-58)45-46-12-16-49(17-13-46)78-50-18-14-48(15-19-50)53(65)59-22-27-69-29-31-71-33-35-73-37-39-75-41-43-77-44-42-76-40-38-74-36-34-72-32-30-70-28-23-60-56(68)79-57(2,3)4/h12-19,47,51-52,64H,5-11,20-45H2,1-4H3,(H,59,65)(H,60,68)(H,61,67)/t51-,52-/m1/s1. The Balaban J connectivity index is 0.786. The number of alkyl carbamates (subject to hydrolysis) is 1. The van der Waals surface area contributed by atoms with Crippen LogP contribution in [0.5, 0.6) is 11.5 Å². The van der Waals surface area contributed by atoms with Crippen molar-refractivity contribution in [3.05, 3.63) is 59.7 Å². The molecule has 2 aromatic carbocycles. The Hall–Kier alpha value is -4.52. The highest BCUT2D eigenvalue weighted by atomic mass is 16.6. The molecule has 4 N–H and O–H groups in total. The molecular weight excluding hydrogens is 1020 g/mol. The van der Waals surface area contributed by atoms with Gasteiger partial charge in [0.2, 0.25) is 11.8 Å². The fraction of sp³-hybridized carbons (Fsp3) is 0.724. The van der Waals surface area contributed by atoms with Gasteiger partial charge in [-0.3, -0.25) is 19.3 Å². The molecule has 0 unspecified atom stereocenters. The maximum absolute atomic E-state index is 14.0. The molecule has 2 atom stereocenters. The van der Waals surface area contributed by atoms with Crippen LogP contribution in [0.4, 0.5) is 4.79 Å². The van der Waals surface area contributed by atoms with Crippen molar-refractivity contribution in [2.45, 2.75) is 115 Å². The highest BCUT2D eigenvalue weighted by Crippen LogP contribution is 2.37. The van der Waals surface area contributed by atoms with Gasteiger partial charge >= 0.3 is 6.09 Å². The molecule has 0 bridgehead atoms. The summed E-state index contributed by atoms with van der Waals surface area (Å²) < 4.78 is 60.8. The minimum Gasteiger partial charge on any atom is -0.457 e. The number of benzene rings is 2. The molecule has 21 heteroatoms. The summed E-state index contributed by atoms with van der Waals surface area (Å²) in [5.41, 5.74) is 0.211. The molecule has 2 aliphatic heterocycles. The molecule has 3 aliphatic rings. The molecule has 1 aliphatic carbocycles. The van der Waals surface area contributed by atoms with Crippen molar-refractivity contribution in [3.63, 3.8) is 0 Å². The number of nitrogens with one attached hydrogen (secondary N) is 3. The van der Waals surface area contributed by atoms with Crippen LogP contribution < -0.4 is 20.7 Å². The van der Waals surface area contributed by atoms with Crippen LogP contribution in [0.15, 0.2) is 48.5 Å². The molecule has 3 fully saturated rings. The molecule has 1 spiro atoms. The van der Waals surface area contributed by atoms with Crippen LogP contribution in [0.25, 0.3) is 0 Å². The van der Waals surface area contributed by atoms with E-state index in [1.54, 1.807) is 24.3 Å². The molecule has 2 saturated heterocycles. The van der Waals surface area contributed by atoms with Gasteiger partial charge in [-0.1, -0.05) is 44.7 Å². The first-order chi connectivity index (χ1) is 38.4. The summed E-state index contributed by atoms with van der Waals surface area (Å²) in [5.74, 6) is 0.870. The SMILES string of the molecule is CCCCN1C(=O)[C@@H]([C@H](O)C2CCCCC2)NC(=O)C12CCN(Cc1ccc(Oc3ccc(C(=O)NCCOCCOCCOCCOCCOCCOCCOCCOCCOCCNC(=O)OC(C)(C)C)cc3)cc1)CC2. The second-order valence-electron chi connectivity index (χ2n) is 21.0. The first-order valence-electron chi connectivity index (χ1n) is 28.7. The number of piperidine rings is 1. The molecule has 0 aromatic heterocycles. The van der Waals surface area contributed by atoms with E-state index in [2.05, 4.69) is 27.8 Å². The lowest BCUT2D eigenvalue weighted by molar-refractivity contribution is -0.166. The predicted octanol–water partition coefficient (Wildman–Crippen LogP) is 5.29. The normalized spacial score (nSPS) is 17.4. The van der Waals surface area contributed by atoms with E-state index in [1.165, 1.54) is 0 Å². The fourth-order valence-electron chi connectivity index (χ4n) is 9.51. The number of rotatable bonds is 40. The largest absolute Gasteiger partial charge is 0.457 e. The minimum atomic E-state index is -0.886. The summed E-state index contributed by atoms with van der Waals surface area (Å²) >= 11 is 0. The van der Waals surface area contributed by atoms with E-state index in [0.29, 0.717) is 188 Å². The zero-order chi connectivity index (χ0) is 56.4. The van der Waals surface area contributed by atoms with Gasteiger partial charge in [0.15, 0.2) is 0 Å². The fourth-order valence-corrected chi connectivity index (χ4v) is 9.51. The van der Waals surface area contributed by atoms with Crippen molar-refractivity contribution in [3.8, 4) is 11.5 Å². The van der Waals surface area contributed by atoms with Crippen LogP contribution in [0.1, 0.15) is 101 Å². The van der Waals surface area contributed by atoms with Gasteiger partial charge in [0.1, 0.15) is 28.7 Å². The van der Waals surface area contributed by atoms with Gasteiger partial charge in [0.05, 0.1) is 125 Å². The van der Waals surface area contributed by atoms with E-state index in [1.807, 2.05) is 49.9 Å². The summed E-state index contributed by atoms with van der Waals surface area (Å²) in [7, 11) is 0. The average Bonchev–Trinajstić information content (AvgIpc) is 3.63. The number of unbranched alkanes of at least 4 members (excludes halogenated alkanes) is 1. The van der Waals surface area contributed by atoms with Crippen molar-refractivity contribution < 1.29 is 76.4 Å². The number of aliphatic hydroxyl groups is 1. The average molecular weight is 1120 g/mol. The number of carbonyl (C=O) groups excluding carboxylic acids is 4. The van der Waals surface area contributed by atoms with Crippen molar-refractivity contribution in [2.75, 3.05) is 152 Å². The molecule has 79 heavy (non-hydrogen) atoms. The second kappa shape index (κ2) is 37.5. The van der Waals surface area contributed by atoms with E-state index in [-0.39, 0.29) is 23.6 Å². The van der Waals surface area contributed by atoms with E-state index < -0.39 is 29.4 Å². The Morgan fingerprint density at radius 2 is 1.09 bits per heavy atom. The molecule has 2 aromatic rings. The van der Waals surface area contributed by atoms with Gasteiger partial charge in [0, 0.05) is 44.8 Å². The van der Waals surface area contributed by atoms with E-state index in [4.69, 9.17) is 52.1 Å². The lowest BCUT2D eigenvalue weighted by Gasteiger charge is -2.52. The highest BCUT2D eigenvalue weighted by molar-refractivity contribution is 6.00. The summed E-state index contributed by atoms with van der Waals surface area (Å²) in [4.78, 5) is 56.3. The number of carbonyl (C=O) groups is 4. The summed E-state index contributed by atoms with van der Waals surface area (Å²) in [6.07, 6.45) is 6.57. The number of ether oxygens (including phenoxy) is 11. The number of amides is 4. The summed E-state index contributed by atoms with van der Waals surface area (Å²) in [6, 6.07) is 14.0. The Morgan fingerprint density at radius 3 is 1.54 bits per heavy atom. The number of aliphatic hydroxyl groups excluding tert-OH is 1. The van der Waals surface area contributed by atoms with E-state index >= 15 is 0 Å². The van der Waals surface area contributed by atoms with Crippen LogP contribution in [0, 0.1) is 5.92 Å². The topological polar surface area (TPSA) is 233 Å². The molecular formula is C58H93N5O16. The lowest BCUT2D eigenvalue weighted by atomic mass is 9.78. The smallest absolute Gasteiger partial charge is 0.407 e. The molecule has 4 amide bonds. The molecule has 0 radical (unpaired) electrons. The number of hydrogen-bond donors (Lipinski definition) is 4. The predicted molar refractivity (Wildman–Crippen MR) is 295 cm³/mol. The maximum atomic E-state index is 14.0. The van der Waals surface area contributed by atoms with Gasteiger partial charge in [0.25, 0.3) is 5.91 Å². The van der Waals surface area contributed by atoms with Crippen LogP contribution >= 0.6 is 0 Å². The monoisotopic (exact) mass is 1120 g/mol. The van der Waals surface area contributed by atoms with Crippen LogP contribution in [0.3, 0.4) is 0 Å². The zero-order valence-electron chi connectivity index (χ0n) is 47.7. The summed E-state index contributed by atoms with van der Waals surface area (Å²) in [6.45, 7) is 18.7. The van der Waals surface area contributed by atoms with Gasteiger partial charge in [-0.15, -0.1) is 0 Å². The van der Waals surface area contributed by atoms with E-state index in [9.17, 15) is 24.3 Å². The third kappa shape index (κ3) is 25.0. The number of nitrogens with zero attached hydrogens (tertiary/aromatic N) is 2. The Bertz CT molecular complexity index is 2000. The number of hydrogen-bond acceptors (Lipinski definition) is 17. The third-order valence-electron chi connectivity index (χ3n) is 13.8. The van der Waals surface area contributed by atoms with Crippen molar-refractivity contribution in [2.24, 2.45) is 5.92 Å².